The van der Waals surface area contributed by atoms with Crippen molar-refractivity contribution in [1.82, 2.24) is 3.26 Å². The predicted molar refractivity (Wildman–Crippen MR) is 18.3 cm³/mol. The van der Waals surface area contributed by atoms with Crippen LogP contribution in [0.15, 0.2) is 12.7 Å². The molecule has 0 aromatic carbocycles. The van der Waals surface area contributed by atoms with Gasteiger partial charge in [0.05, 0.1) is 0 Å². The van der Waals surface area contributed by atoms with Gasteiger partial charge in [0.1, 0.15) is 0 Å². The molecule has 0 aromatic heterocycles. The first kappa shape index (κ1) is 6.09. The molecule has 0 rings (SSSR count). The van der Waals surface area contributed by atoms with E-state index in [1.54, 1.807) is 0 Å². The quantitative estimate of drug-likeness (QED) is 0.528. The molecule has 0 fully saturated rings. The van der Waals surface area contributed by atoms with Crippen LogP contribution in [0.1, 0.15) is 0 Å². The molecule has 0 bridgehead atoms. The summed E-state index contributed by atoms with van der Waals surface area (Å²) in [4.78, 5) is 9.97. The second kappa shape index (κ2) is 3.29. The van der Waals surface area contributed by atoms with Gasteiger partial charge in [-0.05, 0) is 0 Å². The van der Waals surface area contributed by atoms with Gasteiger partial charge in [0.15, 0.2) is 0 Å². The Hall–Kier alpha value is 0.0931. The van der Waals surface area contributed by atoms with Crippen LogP contribution in [0.2, 0.25) is 0 Å². The van der Waals surface area contributed by atoms with Gasteiger partial charge in [0.2, 0.25) is 0 Å². The third kappa shape index (κ3) is 2.34. The maximum atomic E-state index is 9.97. The van der Waals surface area contributed by atoms with Crippen LogP contribution < -0.4 is 3.26 Å². The molecule has 1 N–H and O–H groups in total. The summed E-state index contributed by atoms with van der Waals surface area (Å²) in [6, 6.07) is 0. The molecule has 6 heavy (non-hydrogen) atoms. The van der Waals surface area contributed by atoms with Crippen LogP contribution >= 0.6 is 0 Å². The van der Waals surface area contributed by atoms with Gasteiger partial charge >= 0.3 is 51.6 Å². The fraction of sp³-hybridized carbons (Fsp3) is 0. The minimum atomic E-state index is -0.104. The molecule has 0 heterocycles. The van der Waals surface area contributed by atoms with Gasteiger partial charge < -0.3 is 0 Å². The van der Waals surface area contributed by atoms with Crippen LogP contribution in [0.25, 0.3) is 0 Å². The van der Waals surface area contributed by atoms with Crippen LogP contribution in [0.5, 0.6) is 0 Å². The van der Waals surface area contributed by atoms with Crippen LogP contribution in [0.4, 0.5) is 0 Å². The Morgan fingerprint density at radius 3 is 2.50 bits per heavy atom. The van der Waals surface area contributed by atoms with E-state index < -0.39 is 0 Å². The SMILES string of the molecule is C=CC(=O)[NH][Zr]. The molecule has 0 aromatic rings. The van der Waals surface area contributed by atoms with Crippen molar-refractivity contribution in [2.45, 2.75) is 0 Å². The molecule has 1 amide bonds. The van der Waals surface area contributed by atoms with Crippen LogP contribution in [-0.2, 0) is 29.8 Å². The number of hydrogen-bond acceptors (Lipinski definition) is 1. The van der Waals surface area contributed by atoms with Crippen LogP contribution in [0, 0.1) is 0 Å². The Morgan fingerprint density at radius 2 is 2.50 bits per heavy atom. The van der Waals surface area contributed by atoms with E-state index in [9.17, 15) is 4.79 Å². The second-order valence-corrected chi connectivity index (χ2v) is 1.31. The summed E-state index contributed by atoms with van der Waals surface area (Å²) in [5, 5.41) is 0. The molecule has 0 saturated carbocycles. The molecule has 0 spiro atoms. The number of nitrogens with one attached hydrogen (secondary N) is 1. The third-order valence-electron chi connectivity index (χ3n) is 0.309. The van der Waals surface area contributed by atoms with Gasteiger partial charge in [-0.3, -0.25) is 0 Å². The average molecular weight is 161 g/mol. The Labute approximate surface area is 51.9 Å². The molecule has 0 saturated heterocycles. The van der Waals surface area contributed by atoms with E-state index in [0.29, 0.717) is 0 Å². The zero-order valence-electron chi connectivity index (χ0n) is 3.19. The zero-order chi connectivity index (χ0) is 4.99. The normalized spacial score (nSPS) is 6.50. The van der Waals surface area contributed by atoms with Gasteiger partial charge in [-0.1, -0.05) is 0 Å². The molecule has 3 heteroatoms. The fourth-order valence-corrected chi connectivity index (χ4v) is 0.302. The minimum absolute atomic E-state index is 0.104. The van der Waals surface area contributed by atoms with Gasteiger partial charge in [-0.15, -0.1) is 0 Å². The number of amides is 1. The Bertz CT molecular complexity index is 71.2. The first-order chi connectivity index (χ1) is 2.81. The van der Waals surface area contributed by atoms with E-state index in [1.165, 1.54) is 6.08 Å². The molecule has 0 atom stereocenters. The van der Waals surface area contributed by atoms with E-state index in [2.05, 4.69) is 9.84 Å². The molecule has 0 radical (unpaired) electrons. The van der Waals surface area contributed by atoms with Gasteiger partial charge in [0, 0.05) is 0 Å². The fourth-order valence-electron chi connectivity index (χ4n) is 0.0510. The molecular formula is C3H4NOZr. The summed E-state index contributed by atoms with van der Waals surface area (Å²) in [6.45, 7) is 3.23. The first-order valence-corrected chi connectivity index (χ1v) is 2.63. The number of carbonyl (C=O) groups is 1. The molecular weight excluding hydrogens is 157 g/mol. The summed E-state index contributed by atoms with van der Waals surface area (Å²) in [6.07, 6.45) is 1.24. The van der Waals surface area contributed by atoms with Crippen molar-refractivity contribution in [3.8, 4) is 0 Å². The van der Waals surface area contributed by atoms with E-state index >= 15 is 0 Å². The summed E-state index contributed by atoms with van der Waals surface area (Å²) in [5.74, 6) is -0.104. The van der Waals surface area contributed by atoms with Crippen molar-refractivity contribution in [3.63, 3.8) is 0 Å². The molecule has 0 unspecified atom stereocenters. The monoisotopic (exact) mass is 160 g/mol. The summed E-state index contributed by atoms with van der Waals surface area (Å²) in [5.41, 5.74) is 0. The topological polar surface area (TPSA) is 29.1 Å². The maximum absolute atomic E-state index is 9.97. The van der Waals surface area contributed by atoms with Crippen LogP contribution in [-0.4, -0.2) is 5.91 Å². The van der Waals surface area contributed by atoms with E-state index in [4.69, 9.17) is 0 Å². The number of hydrogen-bond donors (Lipinski definition) is 1. The van der Waals surface area contributed by atoms with Crippen molar-refractivity contribution in [2.75, 3.05) is 0 Å². The first-order valence-electron chi connectivity index (χ1n) is 1.40. The second-order valence-electron chi connectivity index (χ2n) is 0.693. The average Bonchev–Trinajstić information content (AvgIpc) is 1.65. The standard InChI is InChI=1S/C3H5NO.Zr/c1-2-3(4)5;/h2H,1H2,(H2,4,5);/q;+1/p-1. The van der Waals surface area contributed by atoms with Gasteiger partial charge in [-0.25, -0.2) is 0 Å². The Balaban J connectivity index is 3.23. The third-order valence-corrected chi connectivity index (χ3v) is 0.914. The molecule has 0 aliphatic carbocycles. The molecule has 31 valence electrons. The molecule has 0 aliphatic rings. The van der Waals surface area contributed by atoms with Gasteiger partial charge in [-0.2, -0.15) is 0 Å². The van der Waals surface area contributed by atoms with Crippen molar-refractivity contribution in [1.29, 1.82) is 0 Å². The molecule has 2 nitrogen and oxygen atoms in total. The van der Waals surface area contributed by atoms with E-state index in [0.717, 1.165) is 25.0 Å². The Kier molecular flexibility index (Phi) is 3.34. The zero-order valence-corrected chi connectivity index (χ0v) is 5.65. The van der Waals surface area contributed by atoms with Crippen molar-refractivity contribution in [2.24, 2.45) is 0 Å². The summed E-state index contributed by atoms with van der Waals surface area (Å²) in [7, 11) is 0. The van der Waals surface area contributed by atoms with Crippen molar-refractivity contribution >= 4 is 5.91 Å². The van der Waals surface area contributed by atoms with Crippen LogP contribution in [0.3, 0.4) is 0 Å². The summed E-state index contributed by atoms with van der Waals surface area (Å²) >= 11 is 1.01. The summed E-state index contributed by atoms with van der Waals surface area (Å²) < 4.78 is 2.45. The van der Waals surface area contributed by atoms with Crippen molar-refractivity contribution in [3.05, 3.63) is 12.7 Å². The van der Waals surface area contributed by atoms with E-state index in [1.807, 2.05) is 0 Å². The van der Waals surface area contributed by atoms with Crippen molar-refractivity contribution < 1.29 is 29.8 Å². The molecule has 0 aliphatic heterocycles. The predicted octanol–water partition coefficient (Wildman–Crippen LogP) is -0.250. The number of carbonyl (C=O) groups excluding carboxylic acids is 1. The number of rotatable bonds is 1. The Morgan fingerprint density at radius 1 is 2.00 bits per heavy atom. The van der Waals surface area contributed by atoms with E-state index in [-0.39, 0.29) is 5.91 Å². The van der Waals surface area contributed by atoms with Gasteiger partial charge in [0.25, 0.3) is 0 Å².